The first-order valence-corrected chi connectivity index (χ1v) is 6.62. The van der Waals surface area contributed by atoms with Crippen molar-refractivity contribution in [3.05, 3.63) is 23.5 Å². The maximum atomic E-state index is 13.9. The minimum Gasteiger partial charge on any atom is -0.493 e. The number of hydrogen-bond acceptors (Lipinski definition) is 5. The van der Waals surface area contributed by atoms with Gasteiger partial charge in [-0.2, -0.15) is 5.48 Å². The second kappa shape index (κ2) is 5.44. The Bertz CT molecular complexity index is 501. The topological polar surface area (TPSA) is 64.6 Å². The number of rotatable bonds is 5. The standard InChI is InChI=1S/C10H14FNO4S/c1-15-10-7(6-12-16-2)4-5-8(9(10)11)17(3,13)14/h4-5,12H,6H2,1-3H3. The number of methoxy groups -OCH3 is 1. The number of hydrogen-bond donors (Lipinski definition) is 1. The van der Waals surface area contributed by atoms with Gasteiger partial charge >= 0.3 is 0 Å². The molecule has 0 saturated carbocycles. The Morgan fingerprint density at radius 1 is 1.35 bits per heavy atom. The molecular formula is C10H14FNO4S. The lowest BCUT2D eigenvalue weighted by atomic mass is 10.2. The van der Waals surface area contributed by atoms with Crippen molar-refractivity contribution in [2.24, 2.45) is 0 Å². The van der Waals surface area contributed by atoms with Crippen molar-refractivity contribution >= 4 is 9.84 Å². The van der Waals surface area contributed by atoms with Crippen LogP contribution in [0.5, 0.6) is 5.75 Å². The van der Waals surface area contributed by atoms with Gasteiger partial charge in [0, 0.05) is 18.4 Å². The summed E-state index contributed by atoms with van der Waals surface area (Å²) in [7, 11) is -0.907. The lowest BCUT2D eigenvalue weighted by Crippen LogP contribution is -2.13. The molecule has 5 nitrogen and oxygen atoms in total. The van der Waals surface area contributed by atoms with Crippen LogP contribution in [0.2, 0.25) is 0 Å². The lowest BCUT2D eigenvalue weighted by Gasteiger charge is -2.11. The summed E-state index contributed by atoms with van der Waals surface area (Å²) >= 11 is 0. The van der Waals surface area contributed by atoms with Crippen LogP contribution in [0, 0.1) is 5.82 Å². The Morgan fingerprint density at radius 2 is 2.00 bits per heavy atom. The number of nitrogens with one attached hydrogen (secondary N) is 1. The van der Waals surface area contributed by atoms with Crippen LogP contribution >= 0.6 is 0 Å². The third-order valence-electron chi connectivity index (χ3n) is 2.15. The second-order valence-corrected chi connectivity index (χ2v) is 5.35. The number of benzene rings is 1. The fourth-order valence-electron chi connectivity index (χ4n) is 1.37. The van der Waals surface area contributed by atoms with E-state index in [9.17, 15) is 12.8 Å². The highest BCUT2D eigenvalue weighted by Gasteiger charge is 2.20. The molecule has 0 aliphatic heterocycles. The van der Waals surface area contributed by atoms with Crippen molar-refractivity contribution in [3.8, 4) is 5.75 Å². The van der Waals surface area contributed by atoms with Crippen molar-refractivity contribution < 1.29 is 22.4 Å². The van der Waals surface area contributed by atoms with E-state index in [0.29, 0.717) is 5.56 Å². The van der Waals surface area contributed by atoms with Gasteiger partial charge in [0.05, 0.1) is 14.2 Å². The molecule has 96 valence electrons. The quantitative estimate of drug-likeness (QED) is 0.799. The first kappa shape index (κ1) is 13.9. The van der Waals surface area contributed by atoms with Gasteiger partial charge in [0.1, 0.15) is 4.90 Å². The number of sulfone groups is 1. The van der Waals surface area contributed by atoms with Gasteiger partial charge in [-0.3, -0.25) is 0 Å². The smallest absolute Gasteiger partial charge is 0.183 e. The summed E-state index contributed by atoms with van der Waals surface area (Å²) < 4.78 is 41.4. The highest BCUT2D eigenvalue weighted by molar-refractivity contribution is 7.90. The predicted octanol–water partition coefficient (Wildman–Crippen LogP) is 0.889. The largest absolute Gasteiger partial charge is 0.493 e. The fraction of sp³-hybridized carbons (Fsp3) is 0.400. The molecule has 0 heterocycles. The lowest BCUT2D eigenvalue weighted by molar-refractivity contribution is 0.0860. The van der Waals surface area contributed by atoms with Gasteiger partial charge in [-0.05, 0) is 6.07 Å². The molecule has 0 radical (unpaired) electrons. The minimum absolute atomic E-state index is 0.0996. The highest BCUT2D eigenvalue weighted by Crippen LogP contribution is 2.28. The van der Waals surface area contributed by atoms with Gasteiger partial charge in [-0.15, -0.1) is 0 Å². The van der Waals surface area contributed by atoms with E-state index in [0.717, 1.165) is 6.26 Å². The van der Waals surface area contributed by atoms with Crippen LogP contribution in [0.15, 0.2) is 17.0 Å². The maximum Gasteiger partial charge on any atom is 0.183 e. The summed E-state index contributed by atoms with van der Waals surface area (Å²) in [5.74, 6) is -0.983. The van der Waals surface area contributed by atoms with E-state index in [1.54, 1.807) is 0 Å². The van der Waals surface area contributed by atoms with Crippen LogP contribution in [-0.2, 0) is 21.2 Å². The molecule has 1 aromatic rings. The summed E-state index contributed by atoms with van der Waals surface area (Å²) in [4.78, 5) is 4.26. The molecule has 0 saturated heterocycles. The molecule has 0 fully saturated rings. The molecule has 0 atom stereocenters. The van der Waals surface area contributed by atoms with Crippen LogP contribution in [0.3, 0.4) is 0 Å². The zero-order valence-corrected chi connectivity index (χ0v) is 10.6. The molecule has 0 bridgehead atoms. The molecule has 1 rings (SSSR count). The summed E-state index contributed by atoms with van der Waals surface area (Å²) in [6, 6.07) is 2.68. The van der Waals surface area contributed by atoms with E-state index in [1.165, 1.54) is 26.4 Å². The molecule has 1 aromatic carbocycles. The van der Waals surface area contributed by atoms with Crippen LogP contribution in [-0.4, -0.2) is 28.9 Å². The van der Waals surface area contributed by atoms with Crippen molar-refractivity contribution in [1.29, 1.82) is 0 Å². The SMILES string of the molecule is CONCc1ccc(S(C)(=O)=O)c(F)c1OC. The minimum atomic E-state index is -3.61. The molecule has 0 aliphatic carbocycles. The van der Waals surface area contributed by atoms with Crippen molar-refractivity contribution in [2.75, 3.05) is 20.5 Å². The van der Waals surface area contributed by atoms with Gasteiger partial charge in [0.15, 0.2) is 21.4 Å². The van der Waals surface area contributed by atoms with Crippen molar-refractivity contribution in [2.45, 2.75) is 11.4 Å². The molecule has 0 spiro atoms. The Labute approximate surface area is 99.4 Å². The van der Waals surface area contributed by atoms with E-state index < -0.39 is 15.7 Å². The van der Waals surface area contributed by atoms with Crippen LogP contribution in [0.4, 0.5) is 4.39 Å². The molecular weight excluding hydrogens is 249 g/mol. The van der Waals surface area contributed by atoms with Crippen molar-refractivity contribution in [1.82, 2.24) is 5.48 Å². The normalized spacial score (nSPS) is 11.5. The molecule has 1 N–H and O–H groups in total. The van der Waals surface area contributed by atoms with Crippen molar-refractivity contribution in [3.63, 3.8) is 0 Å². The van der Waals surface area contributed by atoms with Gasteiger partial charge in [-0.1, -0.05) is 6.07 Å². The van der Waals surface area contributed by atoms with E-state index in [1.807, 2.05) is 0 Å². The molecule has 17 heavy (non-hydrogen) atoms. The summed E-state index contributed by atoms with van der Waals surface area (Å²) in [6.45, 7) is 0.209. The van der Waals surface area contributed by atoms with Crippen LogP contribution in [0.25, 0.3) is 0 Å². The molecule has 0 aromatic heterocycles. The van der Waals surface area contributed by atoms with Gasteiger partial charge in [0.2, 0.25) is 0 Å². The van der Waals surface area contributed by atoms with Gasteiger partial charge in [-0.25, -0.2) is 12.8 Å². The Balaban J connectivity index is 3.27. The first-order chi connectivity index (χ1) is 7.91. The van der Waals surface area contributed by atoms with Gasteiger partial charge in [0.25, 0.3) is 0 Å². The zero-order valence-electron chi connectivity index (χ0n) is 9.78. The predicted molar refractivity (Wildman–Crippen MR) is 59.9 cm³/mol. The maximum absolute atomic E-state index is 13.9. The molecule has 0 aliphatic rings. The first-order valence-electron chi connectivity index (χ1n) is 4.73. The van der Waals surface area contributed by atoms with E-state index in [2.05, 4.69) is 10.3 Å². The van der Waals surface area contributed by atoms with Crippen LogP contribution in [0.1, 0.15) is 5.56 Å². The summed E-state index contributed by atoms with van der Waals surface area (Å²) in [5.41, 5.74) is 3.00. The summed E-state index contributed by atoms with van der Waals surface area (Å²) in [6.07, 6.45) is 0.942. The monoisotopic (exact) mass is 263 g/mol. The molecule has 7 heteroatoms. The van der Waals surface area contributed by atoms with E-state index in [-0.39, 0.29) is 17.2 Å². The Hall–Kier alpha value is -1.18. The van der Waals surface area contributed by atoms with Gasteiger partial charge < -0.3 is 9.57 Å². The molecule has 0 amide bonds. The second-order valence-electron chi connectivity index (χ2n) is 3.37. The fourth-order valence-corrected chi connectivity index (χ4v) is 2.11. The third-order valence-corrected chi connectivity index (χ3v) is 3.27. The van der Waals surface area contributed by atoms with Crippen LogP contribution < -0.4 is 10.2 Å². The molecule has 0 unspecified atom stereocenters. The van der Waals surface area contributed by atoms with E-state index in [4.69, 9.17) is 4.74 Å². The summed E-state index contributed by atoms with van der Waals surface area (Å²) in [5, 5.41) is 0. The average molecular weight is 263 g/mol. The average Bonchev–Trinajstić information content (AvgIpc) is 2.24. The number of ether oxygens (including phenoxy) is 1. The highest BCUT2D eigenvalue weighted by atomic mass is 32.2. The third kappa shape index (κ3) is 3.15. The Kier molecular flexibility index (Phi) is 4.44. The van der Waals surface area contributed by atoms with E-state index >= 15 is 0 Å². The number of hydroxylamine groups is 1. The number of halogens is 1. The Morgan fingerprint density at radius 3 is 2.47 bits per heavy atom. The zero-order chi connectivity index (χ0) is 13.1.